The number of hydrogen-bond acceptors (Lipinski definition) is 3. The molecule has 92 valence electrons. The second-order valence-corrected chi connectivity index (χ2v) is 4.13. The normalized spacial score (nSPS) is 11.2. The van der Waals surface area contributed by atoms with E-state index in [1.165, 1.54) is 12.1 Å². The predicted molar refractivity (Wildman–Crippen MR) is 64.9 cm³/mol. The Morgan fingerprint density at radius 1 is 1.33 bits per heavy atom. The molecule has 2 heterocycles. The summed E-state index contributed by atoms with van der Waals surface area (Å²) in [5.74, 6) is 1.32. The van der Waals surface area contributed by atoms with Crippen molar-refractivity contribution < 1.29 is 8.91 Å². The Kier molecular flexibility index (Phi) is 2.76. The highest BCUT2D eigenvalue weighted by atomic mass is 35.5. The SMILES string of the molecule is Fc1ccc2c(c1)nc(CCl)n2Cc1ccno1. The van der Waals surface area contributed by atoms with Gasteiger partial charge in [-0.3, -0.25) is 0 Å². The van der Waals surface area contributed by atoms with Crippen molar-refractivity contribution in [2.45, 2.75) is 12.4 Å². The second kappa shape index (κ2) is 4.42. The van der Waals surface area contributed by atoms with Crippen molar-refractivity contribution in [1.29, 1.82) is 0 Å². The number of rotatable bonds is 3. The van der Waals surface area contributed by atoms with E-state index >= 15 is 0 Å². The molecule has 6 heteroatoms. The number of halogens is 2. The maximum absolute atomic E-state index is 13.1. The lowest BCUT2D eigenvalue weighted by Gasteiger charge is -2.04. The standard InChI is InChI=1S/C12H9ClFN3O/c13-6-12-16-10-5-8(14)1-2-11(10)17(12)7-9-3-4-15-18-9/h1-5H,6-7H2. The summed E-state index contributed by atoms with van der Waals surface area (Å²) >= 11 is 5.86. The van der Waals surface area contributed by atoms with Gasteiger partial charge in [0.2, 0.25) is 0 Å². The van der Waals surface area contributed by atoms with E-state index < -0.39 is 0 Å². The van der Waals surface area contributed by atoms with Gasteiger partial charge in [0.25, 0.3) is 0 Å². The summed E-state index contributed by atoms with van der Waals surface area (Å²) in [5.41, 5.74) is 1.41. The highest BCUT2D eigenvalue weighted by molar-refractivity contribution is 6.16. The summed E-state index contributed by atoms with van der Waals surface area (Å²) in [5, 5.41) is 3.65. The van der Waals surface area contributed by atoms with Crippen molar-refractivity contribution in [1.82, 2.24) is 14.7 Å². The fourth-order valence-corrected chi connectivity index (χ4v) is 2.11. The fraction of sp³-hybridized carbons (Fsp3) is 0.167. The number of benzene rings is 1. The molecule has 2 aromatic heterocycles. The van der Waals surface area contributed by atoms with Crippen LogP contribution in [0.3, 0.4) is 0 Å². The number of aromatic nitrogens is 3. The third kappa shape index (κ3) is 1.86. The van der Waals surface area contributed by atoms with Gasteiger partial charge in [0, 0.05) is 12.1 Å². The van der Waals surface area contributed by atoms with Gasteiger partial charge < -0.3 is 9.09 Å². The van der Waals surface area contributed by atoms with Crippen LogP contribution in [0.2, 0.25) is 0 Å². The lowest BCUT2D eigenvalue weighted by atomic mass is 10.3. The molecule has 0 saturated carbocycles. The van der Waals surface area contributed by atoms with Gasteiger partial charge in [0.1, 0.15) is 11.6 Å². The Balaban J connectivity index is 2.13. The smallest absolute Gasteiger partial charge is 0.156 e. The molecule has 3 aromatic rings. The summed E-state index contributed by atoms with van der Waals surface area (Å²) in [6, 6.07) is 6.25. The van der Waals surface area contributed by atoms with Gasteiger partial charge >= 0.3 is 0 Å². The van der Waals surface area contributed by atoms with Gasteiger partial charge in [-0.1, -0.05) is 5.16 Å². The van der Waals surface area contributed by atoms with Crippen molar-refractivity contribution >= 4 is 22.6 Å². The second-order valence-electron chi connectivity index (χ2n) is 3.86. The minimum Gasteiger partial charge on any atom is -0.359 e. The molecule has 0 saturated heterocycles. The first-order valence-electron chi connectivity index (χ1n) is 5.38. The Hall–Kier alpha value is -1.88. The number of hydrogen-bond donors (Lipinski definition) is 0. The van der Waals surface area contributed by atoms with Gasteiger partial charge in [0.15, 0.2) is 5.76 Å². The molecular weight excluding hydrogens is 257 g/mol. The quantitative estimate of drug-likeness (QED) is 0.684. The van der Waals surface area contributed by atoms with E-state index in [2.05, 4.69) is 10.1 Å². The largest absolute Gasteiger partial charge is 0.359 e. The minimum absolute atomic E-state index is 0.254. The van der Waals surface area contributed by atoms with E-state index in [0.717, 1.165) is 5.52 Å². The van der Waals surface area contributed by atoms with Crippen molar-refractivity contribution in [3.63, 3.8) is 0 Å². The molecule has 0 aliphatic rings. The van der Waals surface area contributed by atoms with Crippen molar-refractivity contribution in [2.75, 3.05) is 0 Å². The van der Waals surface area contributed by atoms with Crippen LogP contribution in [0.4, 0.5) is 4.39 Å². The summed E-state index contributed by atoms with van der Waals surface area (Å²) < 4.78 is 20.1. The van der Waals surface area contributed by atoms with E-state index in [0.29, 0.717) is 23.6 Å². The van der Waals surface area contributed by atoms with Gasteiger partial charge in [-0.05, 0) is 12.1 Å². The number of imidazole rings is 1. The molecular formula is C12H9ClFN3O. The first-order valence-corrected chi connectivity index (χ1v) is 5.91. The number of nitrogens with zero attached hydrogens (tertiary/aromatic N) is 3. The zero-order valence-electron chi connectivity index (χ0n) is 9.31. The molecule has 0 aliphatic heterocycles. The third-order valence-electron chi connectivity index (χ3n) is 2.71. The molecule has 1 aromatic carbocycles. The maximum Gasteiger partial charge on any atom is 0.156 e. The van der Waals surface area contributed by atoms with E-state index in [4.69, 9.17) is 16.1 Å². The van der Waals surface area contributed by atoms with Gasteiger partial charge in [0.05, 0.1) is 29.7 Å². The van der Waals surface area contributed by atoms with Crippen LogP contribution in [0.15, 0.2) is 35.0 Å². The van der Waals surface area contributed by atoms with Crippen LogP contribution in [0.25, 0.3) is 11.0 Å². The molecule has 0 fully saturated rings. The lowest BCUT2D eigenvalue weighted by Crippen LogP contribution is -2.02. The Morgan fingerprint density at radius 3 is 2.94 bits per heavy atom. The first-order chi connectivity index (χ1) is 8.78. The third-order valence-corrected chi connectivity index (χ3v) is 2.95. The highest BCUT2D eigenvalue weighted by Gasteiger charge is 2.12. The molecule has 18 heavy (non-hydrogen) atoms. The summed E-state index contributed by atoms with van der Waals surface area (Å²) in [7, 11) is 0. The van der Waals surface area contributed by atoms with Crippen LogP contribution in [0.1, 0.15) is 11.6 Å². The fourth-order valence-electron chi connectivity index (χ4n) is 1.91. The zero-order valence-corrected chi connectivity index (χ0v) is 10.1. The Labute approximate surface area is 107 Å². The van der Waals surface area contributed by atoms with Gasteiger partial charge in [-0.25, -0.2) is 9.37 Å². The molecule has 0 bridgehead atoms. The summed E-state index contributed by atoms with van der Waals surface area (Å²) in [6.07, 6.45) is 1.58. The Bertz CT molecular complexity index is 678. The molecule has 0 N–H and O–H groups in total. The molecule has 0 radical (unpaired) electrons. The van der Waals surface area contributed by atoms with Crippen LogP contribution >= 0.6 is 11.6 Å². The van der Waals surface area contributed by atoms with Gasteiger partial charge in [-0.15, -0.1) is 11.6 Å². The van der Waals surface area contributed by atoms with Crippen LogP contribution < -0.4 is 0 Å². The predicted octanol–water partition coefficient (Wildman–Crippen LogP) is 2.95. The van der Waals surface area contributed by atoms with E-state index in [-0.39, 0.29) is 11.7 Å². The minimum atomic E-state index is -0.312. The van der Waals surface area contributed by atoms with Crippen LogP contribution in [-0.2, 0) is 12.4 Å². The van der Waals surface area contributed by atoms with Crippen molar-refractivity contribution in [3.05, 3.63) is 47.9 Å². The van der Waals surface area contributed by atoms with Crippen LogP contribution in [0, 0.1) is 5.82 Å². The highest BCUT2D eigenvalue weighted by Crippen LogP contribution is 2.20. The van der Waals surface area contributed by atoms with Crippen LogP contribution in [0.5, 0.6) is 0 Å². The molecule has 3 rings (SSSR count). The summed E-state index contributed by atoms with van der Waals surface area (Å²) in [4.78, 5) is 4.30. The van der Waals surface area contributed by atoms with E-state index in [1.807, 2.05) is 4.57 Å². The molecule has 0 atom stereocenters. The van der Waals surface area contributed by atoms with Crippen molar-refractivity contribution in [2.24, 2.45) is 0 Å². The number of fused-ring (bicyclic) bond motifs is 1. The molecule has 0 spiro atoms. The van der Waals surface area contributed by atoms with Crippen molar-refractivity contribution in [3.8, 4) is 0 Å². The molecule has 0 unspecified atom stereocenters. The summed E-state index contributed by atoms with van der Waals surface area (Å²) in [6.45, 7) is 0.476. The first kappa shape index (κ1) is 11.2. The molecule has 0 aliphatic carbocycles. The monoisotopic (exact) mass is 265 g/mol. The Morgan fingerprint density at radius 2 is 2.22 bits per heavy atom. The topological polar surface area (TPSA) is 43.9 Å². The average molecular weight is 266 g/mol. The van der Waals surface area contributed by atoms with E-state index in [9.17, 15) is 4.39 Å². The van der Waals surface area contributed by atoms with Crippen LogP contribution in [-0.4, -0.2) is 14.7 Å². The van der Waals surface area contributed by atoms with Gasteiger partial charge in [-0.2, -0.15) is 0 Å². The molecule has 4 nitrogen and oxygen atoms in total. The lowest BCUT2D eigenvalue weighted by molar-refractivity contribution is 0.376. The molecule has 0 amide bonds. The van der Waals surface area contributed by atoms with E-state index in [1.54, 1.807) is 18.3 Å². The number of alkyl halides is 1. The zero-order chi connectivity index (χ0) is 12.5. The maximum atomic E-state index is 13.1. The average Bonchev–Trinajstić information content (AvgIpc) is 2.97.